The number of aromatic amines is 2. The van der Waals surface area contributed by atoms with E-state index < -0.39 is 12.1 Å². The molecule has 0 radical (unpaired) electrons. The fraction of sp³-hybridized carbons (Fsp3) is 0.500. The standard InChI is InChI=1S/C42H48BrN7O4/c1-6-25(4)38(51)49-22-41(15-16-41)20-31(49)36-44-29-14-11-27(19-30(29)45-36)8-7-26-9-12-28(13-10-26)34-35(43)48-37(46-34)32-21-42(17-18-42)23-50(32)39(52)33(24(2)3)47-40(53)54-5/h9-14,19,24-25,31-33H,6,15-18,20-23H2,1-5H3,(H,44,45)(H,46,48)(H,47,53)/t25-,31-,32-,33-/m0/s1. The third kappa shape index (κ3) is 6.91. The number of amides is 3. The van der Waals surface area contributed by atoms with E-state index in [0.29, 0.717) is 11.1 Å². The van der Waals surface area contributed by atoms with Crippen molar-refractivity contribution in [2.24, 2.45) is 22.7 Å². The molecule has 0 bridgehead atoms. The average molecular weight is 795 g/mol. The first-order chi connectivity index (χ1) is 25.9. The van der Waals surface area contributed by atoms with Crippen LogP contribution in [0.3, 0.4) is 0 Å². The molecule has 3 N–H and O–H groups in total. The van der Waals surface area contributed by atoms with Crippen molar-refractivity contribution in [1.82, 2.24) is 35.1 Å². The highest BCUT2D eigenvalue weighted by Crippen LogP contribution is 2.59. The molecule has 2 aliphatic heterocycles. The van der Waals surface area contributed by atoms with Crippen LogP contribution in [0.15, 0.2) is 47.1 Å². The van der Waals surface area contributed by atoms with E-state index in [2.05, 4.69) is 54.9 Å². The Morgan fingerprint density at radius 2 is 1.48 bits per heavy atom. The van der Waals surface area contributed by atoms with Gasteiger partial charge in [0.25, 0.3) is 0 Å². The molecule has 2 aliphatic carbocycles. The number of hydrogen-bond acceptors (Lipinski definition) is 6. The number of halogens is 1. The van der Waals surface area contributed by atoms with Gasteiger partial charge in [0.15, 0.2) is 0 Å². The predicted molar refractivity (Wildman–Crippen MR) is 209 cm³/mol. The van der Waals surface area contributed by atoms with Crippen LogP contribution in [0.1, 0.15) is 108 Å². The maximum atomic E-state index is 13.9. The zero-order chi connectivity index (χ0) is 37.9. The summed E-state index contributed by atoms with van der Waals surface area (Å²) in [6.45, 7) is 9.43. The molecule has 4 aromatic rings. The summed E-state index contributed by atoms with van der Waals surface area (Å²) in [7, 11) is 1.30. The molecule has 0 unspecified atom stereocenters. The van der Waals surface area contributed by atoms with Crippen molar-refractivity contribution in [3.8, 4) is 23.1 Å². The first-order valence-corrected chi connectivity index (χ1v) is 20.0. The lowest BCUT2D eigenvalue weighted by atomic mass is 10.0. The largest absolute Gasteiger partial charge is 0.453 e. The molecule has 4 aliphatic rings. The Kier molecular flexibility index (Phi) is 9.36. The summed E-state index contributed by atoms with van der Waals surface area (Å²) in [5.74, 6) is 8.23. The smallest absolute Gasteiger partial charge is 0.407 e. The van der Waals surface area contributed by atoms with E-state index in [-0.39, 0.29) is 46.6 Å². The Balaban J connectivity index is 0.978. The fourth-order valence-corrected chi connectivity index (χ4v) is 8.85. The molecule has 4 atom stereocenters. The number of benzene rings is 2. The van der Waals surface area contributed by atoms with Crippen LogP contribution in [0.5, 0.6) is 0 Å². The van der Waals surface area contributed by atoms with Crippen molar-refractivity contribution in [1.29, 1.82) is 0 Å². The first-order valence-electron chi connectivity index (χ1n) is 19.2. The number of likely N-dealkylation sites (tertiary alicyclic amines) is 2. The number of carbonyl (C=O) groups is 3. The molecule has 54 heavy (non-hydrogen) atoms. The minimum atomic E-state index is -0.691. The van der Waals surface area contributed by atoms with Crippen LogP contribution in [0.4, 0.5) is 4.79 Å². The molecular weight excluding hydrogens is 746 g/mol. The minimum Gasteiger partial charge on any atom is -0.453 e. The maximum absolute atomic E-state index is 13.9. The zero-order valence-corrected chi connectivity index (χ0v) is 33.2. The molecule has 3 amide bonds. The number of imidazole rings is 2. The number of hydrogen-bond donors (Lipinski definition) is 3. The molecule has 4 heterocycles. The van der Waals surface area contributed by atoms with Crippen molar-refractivity contribution in [3.63, 3.8) is 0 Å². The lowest BCUT2D eigenvalue weighted by Crippen LogP contribution is -2.51. The number of methoxy groups -OCH3 is 1. The third-order valence-electron chi connectivity index (χ3n) is 12.3. The van der Waals surface area contributed by atoms with E-state index in [1.165, 1.54) is 20.0 Å². The van der Waals surface area contributed by atoms with Gasteiger partial charge in [-0.25, -0.2) is 14.8 Å². The minimum absolute atomic E-state index is 0.0112. The lowest BCUT2D eigenvalue weighted by Gasteiger charge is -2.30. The molecular formula is C42H48BrN7O4. The normalized spacial score (nSPS) is 21.7. The van der Waals surface area contributed by atoms with E-state index in [1.54, 1.807) is 0 Å². The number of H-pyrrole nitrogens is 2. The van der Waals surface area contributed by atoms with Crippen molar-refractivity contribution in [3.05, 3.63) is 69.8 Å². The molecule has 11 nitrogen and oxygen atoms in total. The third-order valence-corrected chi connectivity index (χ3v) is 12.8. The van der Waals surface area contributed by atoms with E-state index in [9.17, 15) is 14.4 Å². The molecule has 2 saturated carbocycles. The van der Waals surface area contributed by atoms with Gasteiger partial charge in [0.05, 0.1) is 35.9 Å². The number of fused-ring (bicyclic) bond motifs is 1. The summed E-state index contributed by atoms with van der Waals surface area (Å²) in [4.78, 5) is 60.1. The van der Waals surface area contributed by atoms with E-state index >= 15 is 0 Å². The summed E-state index contributed by atoms with van der Waals surface area (Å²) >= 11 is 3.67. The van der Waals surface area contributed by atoms with E-state index in [1.807, 2.05) is 68.1 Å². The van der Waals surface area contributed by atoms with Crippen LogP contribution in [0.2, 0.25) is 0 Å². The quantitative estimate of drug-likeness (QED) is 0.157. The highest BCUT2D eigenvalue weighted by atomic mass is 79.9. The van der Waals surface area contributed by atoms with Crippen molar-refractivity contribution < 1.29 is 19.1 Å². The second kappa shape index (κ2) is 13.9. The molecule has 12 heteroatoms. The van der Waals surface area contributed by atoms with Gasteiger partial charge >= 0.3 is 6.09 Å². The Morgan fingerprint density at radius 3 is 2.07 bits per heavy atom. The summed E-state index contributed by atoms with van der Waals surface area (Å²) in [6, 6.07) is 13.1. The summed E-state index contributed by atoms with van der Waals surface area (Å²) < 4.78 is 5.49. The number of ether oxygens (including phenoxy) is 1. The van der Waals surface area contributed by atoms with Crippen LogP contribution >= 0.6 is 15.9 Å². The van der Waals surface area contributed by atoms with Crippen molar-refractivity contribution in [2.45, 2.75) is 90.8 Å². The van der Waals surface area contributed by atoms with Gasteiger partial charge < -0.3 is 29.8 Å². The number of aromatic nitrogens is 4. The topological polar surface area (TPSA) is 136 Å². The lowest BCUT2D eigenvalue weighted by molar-refractivity contribution is -0.136. The molecule has 2 aromatic heterocycles. The molecule has 2 spiro atoms. The number of rotatable bonds is 8. The zero-order valence-electron chi connectivity index (χ0n) is 31.6. The van der Waals surface area contributed by atoms with Crippen molar-refractivity contribution in [2.75, 3.05) is 20.2 Å². The first kappa shape index (κ1) is 36.4. The number of carbonyl (C=O) groups excluding carboxylic acids is 3. The van der Waals surface area contributed by atoms with Gasteiger partial charge in [0.2, 0.25) is 11.8 Å². The summed E-state index contributed by atoms with van der Waals surface area (Å²) in [6.07, 6.45) is 6.57. The average Bonchev–Trinajstić information content (AvgIpc) is 3.84. The van der Waals surface area contributed by atoms with Crippen LogP contribution in [-0.2, 0) is 14.3 Å². The van der Waals surface area contributed by atoms with E-state index in [4.69, 9.17) is 14.7 Å². The molecule has 2 aromatic carbocycles. The number of nitrogens with one attached hydrogen (secondary N) is 3. The second-order valence-corrected chi connectivity index (χ2v) is 17.3. The van der Waals surface area contributed by atoms with Gasteiger partial charge in [-0.05, 0) is 108 Å². The Morgan fingerprint density at radius 1 is 0.889 bits per heavy atom. The van der Waals surface area contributed by atoms with Gasteiger partial charge in [-0.2, -0.15) is 0 Å². The van der Waals surface area contributed by atoms with E-state index in [0.717, 1.165) is 83.7 Å². The van der Waals surface area contributed by atoms with Crippen LogP contribution in [0.25, 0.3) is 22.3 Å². The maximum Gasteiger partial charge on any atom is 0.407 e. The van der Waals surface area contributed by atoms with Crippen LogP contribution < -0.4 is 5.32 Å². The molecule has 282 valence electrons. The SMILES string of the molecule is CC[C@H](C)C(=O)N1CC2(CC2)C[C@H]1c1nc2ccc(C#Cc3ccc(-c4[nH]c([C@@H]5CC6(CC6)CN5C(=O)[C@@H](NC(=O)OC)C(C)C)nc4Br)cc3)cc2[nH]1. The Labute approximate surface area is 324 Å². The number of nitrogens with zero attached hydrogens (tertiary/aromatic N) is 4. The number of alkyl carbamates (subject to hydrolysis) is 1. The second-order valence-electron chi connectivity index (χ2n) is 16.5. The monoisotopic (exact) mass is 793 g/mol. The molecule has 8 rings (SSSR count). The summed E-state index contributed by atoms with van der Waals surface area (Å²) in [5.41, 5.74) is 5.73. The fourth-order valence-electron chi connectivity index (χ4n) is 8.33. The van der Waals surface area contributed by atoms with Gasteiger partial charge in [-0.15, -0.1) is 0 Å². The molecule has 2 saturated heterocycles. The van der Waals surface area contributed by atoms with Gasteiger partial charge in [0.1, 0.15) is 22.3 Å². The summed E-state index contributed by atoms with van der Waals surface area (Å²) in [5, 5.41) is 2.74. The molecule has 4 fully saturated rings. The van der Waals surface area contributed by atoms with Crippen LogP contribution in [-0.4, -0.2) is 73.9 Å². The highest BCUT2D eigenvalue weighted by Gasteiger charge is 2.56. The predicted octanol–water partition coefficient (Wildman–Crippen LogP) is 7.65. The van der Waals surface area contributed by atoms with Gasteiger partial charge in [-0.1, -0.05) is 51.7 Å². The van der Waals surface area contributed by atoms with Gasteiger partial charge in [0, 0.05) is 35.7 Å². The van der Waals surface area contributed by atoms with Crippen molar-refractivity contribution >= 4 is 44.9 Å². The Bertz CT molecular complexity index is 2170. The van der Waals surface area contributed by atoms with Crippen LogP contribution in [0, 0.1) is 34.5 Å². The highest BCUT2D eigenvalue weighted by molar-refractivity contribution is 9.10. The van der Waals surface area contributed by atoms with Gasteiger partial charge in [-0.3, -0.25) is 9.59 Å². The Hall–Kier alpha value is -4.63.